The van der Waals surface area contributed by atoms with Gasteiger partial charge in [-0.15, -0.1) is 0 Å². The number of nitrogens with zero attached hydrogens (tertiary/aromatic N) is 1. The van der Waals surface area contributed by atoms with Crippen LogP contribution in [0, 0.1) is 0 Å². The van der Waals surface area contributed by atoms with Crippen LogP contribution in [0.25, 0.3) is 10.9 Å². The number of aryl methyl sites for hydroxylation is 1. The van der Waals surface area contributed by atoms with E-state index in [1.807, 2.05) is 35.9 Å². The lowest BCUT2D eigenvalue weighted by Crippen LogP contribution is -2.18. The Morgan fingerprint density at radius 1 is 1.27 bits per heavy atom. The lowest BCUT2D eigenvalue weighted by Gasteiger charge is -2.08. The van der Waals surface area contributed by atoms with Gasteiger partial charge in [0.2, 0.25) is 0 Å². The molecule has 0 saturated carbocycles. The first kappa shape index (κ1) is 10.1. The van der Waals surface area contributed by atoms with Crippen molar-refractivity contribution >= 4 is 10.9 Å². The number of alkyl halides is 2. The van der Waals surface area contributed by atoms with E-state index in [1.54, 1.807) is 6.20 Å². The maximum absolute atomic E-state index is 12.5. The molecule has 1 aromatic carbocycles. The Hall–Kier alpha value is -1.42. The highest BCUT2D eigenvalue weighted by Gasteiger charge is 2.21. The molecule has 2 nitrogen and oxygen atoms in total. The third kappa shape index (κ3) is 1.61. The second-order valence-corrected chi connectivity index (χ2v) is 3.57. The standard InChI is InChI=1S/C11H12F2N2/c1-15-6-8(10(14)11(12)13)7-4-2-3-5-9(7)15/h2-6,10-11H,14H2,1H3/t10-/m0/s1. The zero-order valence-corrected chi connectivity index (χ0v) is 8.32. The van der Waals surface area contributed by atoms with E-state index in [-0.39, 0.29) is 0 Å². The number of halogens is 2. The largest absolute Gasteiger partial charge is 0.350 e. The van der Waals surface area contributed by atoms with Crippen LogP contribution in [-0.2, 0) is 7.05 Å². The van der Waals surface area contributed by atoms with Crippen molar-refractivity contribution in [3.63, 3.8) is 0 Å². The second kappa shape index (κ2) is 3.62. The molecular formula is C11H12F2N2. The van der Waals surface area contributed by atoms with Crippen molar-refractivity contribution in [1.29, 1.82) is 0 Å². The molecule has 2 N–H and O–H groups in total. The van der Waals surface area contributed by atoms with E-state index in [0.717, 1.165) is 10.9 Å². The molecule has 0 bridgehead atoms. The molecule has 80 valence electrons. The topological polar surface area (TPSA) is 30.9 Å². The monoisotopic (exact) mass is 210 g/mol. The van der Waals surface area contributed by atoms with Gasteiger partial charge in [0.05, 0.1) is 6.04 Å². The summed E-state index contributed by atoms with van der Waals surface area (Å²) in [6, 6.07) is 6.18. The van der Waals surface area contributed by atoms with Gasteiger partial charge in [-0.25, -0.2) is 8.78 Å². The fraction of sp³-hybridized carbons (Fsp3) is 0.273. The van der Waals surface area contributed by atoms with Crippen molar-refractivity contribution in [2.75, 3.05) is 0 Å². The number of para-hydroxylation sites is 1. The first-order valence-corrected chi connectivity index (χ1v) is 4.69. The Labute approximate surface area is 86.3 Å². The van der Waals surface area contributed by atoms with Crippen LogP contribution < -0.4 is 5.73 Å². The van der Waals surface area contributed by atoms with Gasteiger partial charge in [0.15, 0.2) is 0 Å². The van der Waals surface area contributed by atoms with E-state index in [0.29, 0.717) is 5.56 Å². The van der Waals surface area contributed by atoms with E-state index in [4.69, 9.17) is 5.73 Å². The smallest absolute Gasteiger partial charge is 0.257 e. The Morgan fingerprint density at radius 2 is 1.93 bits per heavy atom. The van der Waals surface area contributed by atoms with E-state index >= 15 is 0 Å². The molecule has 2 aromatic rings. The molecule has 0 fully saturated rings. The Balaban J connectivity index is 2.62. The summed E-state index contributed by atoms with van der Waals surface area (Å²) >= 11 is 0. The minimum Gasteiger partial charge on any atom is -0.350 e. The summed E-state index contributed by atoms with van der Waals surface area (Å²) in [4.78, 5) is 0. The molecule has 15 heavy (non-hydrogen) atoms. The van der Waals surface area contributed by atoms with Crippen molar-refractivity contribution in [3.8, 4) is 0 Å². The van der Waals surface area contributed by atoms with Crippen molar-refractivity contribution in [1.82, 2.24) is 4.57 Å². The number of hydrogen-bond acceptors (Lipinski definition) is 1. The predicted octanol–water partition coefficient (Wildman–Crippen LogP) is 2.44. The molecule has 0 aliphatic heterocycles. The molecule has 2 rings (SSSR count). The van der Waals surface area contributed by atoms with Crippen LogP contribution in [0.4, 0.5) is 8.78 Å². The Bertz CT molecular complexity index is 476. The molecule has 0 aliphatic rings. The van der Waals surface area contributed by atoms with Crippen LogP contribution >= 0.6 is 0 Å². The number of hydrogen-bond donors (Lipinski definition) is 1. The third-order valence-electron chi connectivity index (χ3n) is 2.56. The summed E-state index contributed by atoms with van der Waals surface area (Å²) in [5, 5.41) is 0.799. The van der Waals surface area contributed by atoms with Gasteiger partial charge in [-0.2, -0.15) is 0 Å². The zero-order valence-electron chi connectivity index (χ0n) is 8.32. The molecular weight excluding hydrogens is 198 g/mol. The van der Waals surface area contributed by atoms with Crippen LogP contribution in [0.2, 0.25) is 0 Å². The molecule has 0 aliphatic carbocycles. The summed E-state index contributed by atoms with van der Waals surface area (Å²) < 4.78 is 26.8. The molecule has 0 spiro atoms. The average molecular weight is 210 g/mol. The summed E-state index contributed by atoms with van der Waals surface area (Å²) in [5.74, 6) is 0. The summed E-state index contributed by atoms with van der Waals surface area (Å²) in [5.41, 5.74) is 6.88. The van der Waals surface area contributed by atoms with Crippen molar-refractivity contribution in [2.24, 2.45) is 12.8 Å². The highest BCUT2D eigenvalue weighted by Crippen LogP contribution is 2.27. The summed E-state index contributed by atoms with van der Waals surface area (Å²) in [6.07, 6.45) is -0.864. The highest BCUT2D eigenvalue weighted by molar-refractivity contribution is 5.84. The van der Waals surface area contributed by atoms with Crippen LogP contribution in [0.5, 0.6) is 0 Å². The number of rotatable bonds is 2. The van der Waals surface area contributed by atoms with Crippen LogP contribution in [-0.4, -0.2) is 11.0 Å². The van der Waals surface area contributed by atoms with Gasteiger partial charge in [-0.3, -0.25) is 0 Å². The maximum atomic E-state index is 12.5. The number of benzene rings is 1. The summed E-state index contributed by atoms with van der Waals surface area (Å²) in [7, 11) is 1.82. The first-order valence-electron chi connectivity index (χ1n) is 4.69. The van der Waals surface area contributed by atoms with Crippen molar-refractivity contribution in [3.05, 3.63) is 36.0 Å². The number of fused-ring (bicyclic) bond motifs is 1. The van der Waals surface area contributed by atoms with Gasteiger partial charge >= 0.3 is 0 Å². The van der Waals surface area contributed by atoms with E-state index in [1.165, 1.54) is 0 Å². The minimum atomic E-state index is -2.53. The van der Waals surface area contributed by atoms with E-state index in [9.17, 15) is 8.78 Å². The zero-order chi connectivity index (χ0) is 11.0. The maximum Gasteiger partial charge on any atom is 0.257 e. The molecule has 1 aromatic heterocycles. The molecule has 0 saturated heterocycles. The predicted molar refractivity (Wildman–Crippen MR) is 55.9 cm³/mol. The molecule has 0 amide bonds. The van der Waals surface area contributed by atoms with E-state index < -0.39 is 12.5 Å². The van der Waals surface area contributed by atoms with Crippen LogP contribution in [0.1, 0.15) is 11.6 Å². The average Bonchev–Trinajstić information content (AvgIpc) is 2.56. The minimum absolute atomic E-state index is 0.503. The summed E-state index contributed by atoms with van der Waals surface area (Å²) in [6.45, 7) is 0. The molecule has 4 heteroatoms. The molecule has 1 atom stereocenters. The fourth-order valence-corrected chi connectivity index (χ4v) is 1.77. The second-order valence-electron chi connectivity index (χ2n) is 3.57. The molecule has 0 unspecified atom stereocenters. The first-order chi connectivity index (χ1) is 7.11. The normalized spacial score (nSPS) is 13.7. The third-order valence-corrected chi connectivity index (χ3v) is 2.56. The number of nitrogens with two attached hydrogens (primary N) is 1. The Kier molecular flexibility index (Phi) is 2.44. The molecule has 1 heterocycles. The molecule has 0 radical (unpaired) electrons. The van der Waals surface area contributed by atoms with Gasteiger partial charge < -0.3 is 10.3 Å². The van der Waals surface area contributed by atoms with E-state index in [2.05, 4.69) is 0 Å². The highest BCUT2D eigenvalue weighted by atomic mass is 19.3. The van der Waals surface area contributed by atoms with Crippen molar-refractivity contribution in [2.45, 2.75) is 12.5 Å². The fourth-order valence-electron chi connectivity index (χ4n) is 1.77. The SMILES string of the molecule is Cn1cc([C@H](N)C(F)F)c2ccccc21. The van der Waals surface area contributed by atoms with Gasteiger partial charge in [-0.1, -0.05) is 18.2 Å². The number of aromatic nitrogens is 1. The van der Waals surface area contributed by atoms with Gasteiger partial charge in [-0.05, 0) is 6.07 Å². The lowest BCUT2D eigenvalue weighted by atomic mass is 10.1. The van der Waals surface area contributed by atoms with Gasteiger partial charge in [0.1, 0.15) is 0 Å². The Morgan fingerprint density at radius 3 is 2.60 bits per heavy atom. The lowest BCUT2D eigenvalue weighted by molar-refractivity contribution is 0.117. The van der Waals surface area contributed by atoms with Crippen LogP contribution in [0.3, 0.4) is 0 Å². The van der Waals surface area contributed by atoms with Gasteiger partial charge in [0.25, 0.3) is 6.43 Å². The van der Waals surface area contributed by atoms with Crippen LogP contribution in [0.15, 0.2) is 30.5 Å². The van der Waals surface area contributed by atoms with Crippen molar-refractivity contribution < 1.29 is 8.78 Å². The quantitative estimate of drug-likeness (QED) is 0.810. The van der Waals surface area contributed by atoms with Gasteiger partial charge in [0, 0.05) is 29.7 Å².